The van der Waals surface area contributed by atoms with E-state index in [2.05, 4.69) is 15.0 Å². The van der Waals surface area contributed by atoms with Crippen molar-refractivity contribution in [2.75, 3.05) is 13.7 Å². The van der Waals surface area contributed by atoms with Crippen LogP contribution >= 0.6 is 0 Å². The Kier molecular flexibility index (Phi) is 7.54. The molecule has 0 aliphatic rings. The van der Waals surface area contributed by atoms with Gasteiger partial charge in [-0.05, 0) is 36.8 Å². The molecule has 0 atom stereocenters. The first-order valence-electron chi connectivity index (χ1n) is 8.19. The Hall–Kier alpha value is -3.16. The second-order valence-corrected chi connectivity index (χ2v) is 5.24. The number of carbonyl (C=O) groups is 1. The predicted octanol–water partition coefficient (Wildman–Crippen LogP) is 3.42. The van der Waals surface area contributed by atoms with Gasteiger partial charge < -0.3 is 19.5 Å². The number of benzene rings is 1. The van der Waals surface area contributed by atoms with E-state index in [9.17, 15) is 13.6 Å². The number of nitrogens with one attached hydrogen (secondary N) is 1. The molecule has 1 aromatic heterocycles. The highest BCUT2D eigenvalue weighted by molar-refractivity contribution is 5.91. The van der Waals surface area contributed by atoms with E-state index in [4.69, 9.17) is 9.47 Å². The molecule has 0 saturated heterocycles. The lowest BCUT2D eigenvalue weighted by molar-refractivity contribution is -0.116. The third-order valence-electron chi connectivity index (χ3n) is 3.41. The number of methoxy groups -OCH3 is 1. The first-order chi connectivity index (χ1) is 13.0. The van der Waals surface area contributed by atoms with Gasteiger partial charge in [-0.25, -0.2) is 4.98 Å². The van der Waals surface area contributed by atoms with E-state index in [0.717, 1.165) is 5.56 Å². The summed E-state index contributed by atoms with van der Waals surface area (Å²) in [6, 6.07) is 7.96. The van der Waals surface area contributed by atoms with Gasteiger partial charge in [0, 0.05) is 24.4 Å². The average Bonchev–Trinajstić information content (AvgIpc) is 2.66. The summed E-state index contributed by atoms with van der Waals surface area (Å²) in [5, 5.41) is 2.73. The minimum Gasteiger partial charge on any atom is -0.493 e. The number of ether oxygens (including phenoxy) is 3. The van der Waals surface area contributed by atoms with Gasteiger partial charge in [0.25, 0.3) is 0 Å². The number of pyridine rings is 1. The van der Waals surface area contributed by atoms with E-state index in [-0.39, 0.29) is 24.0 Å². The minimum atomic E-state index is -2.94. The molecule has 0 spiro atoms. The Bertz CT molecular complexity index is 797. The van der Waals surface area contributed by atoms with Crippen molar-refractivity contribution in [2.45, 2.75) is 20.1 Å². The summed E-state index contributed by atoms with van der Waals surface area (Å²) in [5.74, 6) is 0.223. The first kappa shape index (κ1) is 20.2. The molecular formula is C19H20F2N2O4. The number of aromatic nitrogens is 1. The lowest BCUT2D eigenvalue weighted by Crippen LogP contribution is -2.20. The van der Waals surface area contributed by atoms with Gasteiger partial charge >= 0.3 is 6.61 Å². The summed E-state index contributed by atoms with van der Waals surface area (Å²) in [6.07, 6.45) is 4.49. The predicted molar refractivity (Wildman–Crippen MR) is 95.9 cm³/mol. The lowest BCUT2D eigenvalue weighted by Gasteiger charge is -2.10. The van der Waals surface area contributed by atoms with Crippen LogP contribution in [0.3, 0.4) is 0 Å². The van der Waals surface area contributed by atoms with Crippen LogP contribution in [-0.2, 0) is 11.3 Å². The minimum absolute atomic E-state index is 0.0749. The van der Waals surface area contributed by atoms with Gasteiger partial charge in [-0.3, -0.25) is 4.79 Å². The van der Waals surface area contributed by atoms with Gasteiger partial charge in [-0.1, -0.05) is 12.1 Å². The van der Waals surface area contributed by atoms with Crippen LogP contribution < -0.4 is 19.5 Å². The van der Waals surface area contributed by atoms with Gasteiger partial charge in [-0.15, -0.1) is 0 Å². The summed E-state index contributed by atoms with van der Waals surface area (Å²) in [7, 11) is 1.34. The number of alkyl halides is 2. The molecule has 0 bridgehead atoms. The summed E-state index contributed by atoms with van der Waals surface area (Å²) >= 11 is 0. The number of amides is 1. The molecule has 1 N–H and O–H groups in total. The van der Waals surface area contributed by atoms with Crippen LogP contribution in [0.5, 0.6) is 17.4 Å². The molecule has 6 nitrogen and oxygen atoms in total. The van der Waals surface area contributed by atoms with Crippen LogP contribution in [0.15, 0.2) is 42.6 Å². The van der Waals surface area contributed by atoms with Gasteiger partial charge in [0.2, 0.25) is 11.8 Å². The van der Waals surface area contributed by atoms with E-state index in [1.54, 1.807) is 18.3 Å². The van der Waals surface area contributed by atoms with Gasteiger partial charge in [0.1, 0.15) is 0 Å². The molecular weight excluding hydrogens is 358 g/mol. The molecule has 1 amide bonds. The number of rotatable bonds is 9. The number of hydrogen-bond donors (Lipinski definition) is 1. The highest BCUT2D eigenvalue weighted by Crippen LogP contribution is 2.29. The fraction of sp³-hybridized carbons (Fsp3) is 0.263. The van der Waals surface area contributed by atoms with Gasteiger partial charge in [0.05, 0.1) is 13.7 Å². The zero-order valence-corrected chi connectivity index (χ0v) is 14.9. The molecule has 27 heavy (non-hydrogen) atoms. The Balaban J connectivity index is 1.98. The normalized spacial score (nSPS) is 10.9. The molecule has 0 fully saturated rings. The second-order valence-electron chi connectivity index (χ2n) is 5.24. The standard InChI is InChI=1S/C19H20F2N2O4/c1-3-26-18-14(5-4-10-22-18)12-23-17(24)9-7-13-6-8-15(27-19(20)21)16(11-13)25-2/h4-11,19H,3,12H2,1-2H3,(H,23,24)/b9-7+. The van der Waals surface area contributed by atoms with Crippen LogP contribution in [0.2, 0.25) is 0 Å². The Morgan fingerprint density at radius 2 is 2.11 bits per heavy atom. The molecule has 0 unspecified atom stereocenters. The van der Waals surface area contributed by atoms with E-state index in [1.807, 2.05) is 13.0 Å². The Morgan fingerprint density at radius 3 is 2.81 bits per heavy atom. The molecule has 2 rings (SSSR count). The maximum absolute atomic E-state index is 12.3. The van der Waals surface area contributed by atoms with Crippen molar-refractivity contribution < 1.29 is 27.8 Å². The van der Waals surface area contributed by atoms with E-state index in [1.165, 1.54) is 31.4 Å². The largest absolute Gasteiger partial charge is 0.493 e. The third kappa shape index (κ3) is 6.25. The van der Waals surface area contributed by atoms with Crippen LogP contribution in [-0.4, -0.2) is 31.2 Å². The second kappa shape index (κ2) is 10.1. The zero-order valence-electron chi connectivity index (χ0n) is 14.9. The summed E-state index contributed by atoms with van der Waals surface area (Å²) in [4.78, 5) is 16.1. The van der Waals surface area contributed by atoms with E-state index < -0.39 is 6.61 Å². The van der Waals surface area contributed by atoms with Crippen molar-refractivity contribution in [2.24, 2.45) is 0 Å². The summed E-state index contributed by atoms with van der Waals surface area (Å²) < 4.78 is 39.5. The lowest BCUT2D eigenvalue weighted by atomic mass is 10.2. The van der Waals surface area contributed by atoms with Gasteiger partial charge in [-0.2, -0.15) is 8.78 Å². The molecule has 144 valence electrons. The quantitative estimate of drug-likeness (QED) is 0.677. The molecule has 8 heteroatoms. The van der Waals surface area contributed by atoms with Crippen molar-refractivity contribution in [3.05, 3.63) is 53.7 Å². The number of hydrogen-bond acceptors (Lipinski definition) is 5. The first-order valence-corrected chi connectivity index (χ1v) is 8.19. The van der Waals surface area contributed by atoms with Gasteiger partial charge in [0.15, 0.2) is 11.5 Å². The van der Waals surface area contributed by atoms with E-state index in [0.29, 0.717) is 18.1 Å². The van der Waals surface area contributed by atoms with Crippen LogP contribution in [0.4, 0.5) is 8.78 Å². The molecule has 0 aliphatic carbocycles. The average molecular weight is 378 g/mol. The fourth-order valence-electron chi connectivity index (χ4n) is 2.22. The molecule has 1 aromatic carbocycles. The summed E-state index contributed by atoms with van der Waals surface area (Å²) in [5.41, 5.74) is 1.36. The van der Waals surface area contributed by atoms with Crippen LogP contribution in [0.1, 0.15) is 18.1 Å². The van der Waals surface area contributed by atoms with Crippen LogP contribution in [0.25, 0.3) is 6.08 Å². The van der Waals surface area contributed by atoms with Crippen molar-refractivity contribution in [1.29, 1.82) is 0 Å². The van der Waals surface area contributed by atoms with E-state index >= 15 is 0 Å². The number of halogens is 2. The maximum Gasteiger partial charge on any atom is 0.387 e. The SMILES string of the molecule is CCOc1ncccc1CNC(=O)/C=C/c1ccc(OC(F)F)c(OC)c1. The highest BCUT2D eigenvalue weighted by Gasteiger charge is 2.10. The molecule has 0 saturated carbocycles. The zero-order chi connectivity index (χ0) is 19.6. The molecule has 2 aromatic rings. The third-order valence-corrected chi connectivity index (χ3v) is 3.41. The van der Waals surface area contributed by atoms with Crippen LogP contribution in [0, 0.1) is 0 Å². The molecule has 0 aliphatic heterocycles. The fourth-order valence-corrected chi connectivity index (χ4v) is 2.22. The topological polar surface area (TPSA) is 69.7 Å². The van der Waals surface area contributed by atoms with Crippen molar-refractivity contribution >= 4 is 12.0 Å². The Labute approximate surface area is 155 Å². The monoisotopic (exact) mass is 378 g/mol. The van der Waals surface area contributed by atoms with Crippen molar-refractivity contribution in [3.63, 3.8) is 0 Å². The summed E-state index contributed by atoms with van der Waals surface area (Å²) in [6.45, 7) is -0.354. The number of nitrogens with zero attached hydrogens (tertiary/aromatic N) is 1. The maximum atomic E-state index is 12.3. The molecule has 0 radical (unpaired) electrons. The number of carbonyl (C=O) groups excluding carboxylic acids is 1. The smallest absolute Gasteiger partial charge is 0.387 e. The molecule has 1 heterocycles. The Morgan fingerprint density at radius 1 is 1.30 bits per heavy atom. The van der Waals surface area contributed by atoms with Crippen molar-refractivity contribution in [3.8, 4) is 17.4 Å². The van der Waals surface area contributed by atoms with Crippen molar-refractivity contribution in [1.82, 2.24) is 10.3 Å². The highest BCUT2D eigenvalue weighted by atomic mass is 19.3.